The lowest BCUT2D eigenvalue weighted by molar-refractivity contribution is 0.0697. The summed E-state index contributed by atoms with van der Waals surface area (Å²) in [6.07, 6.45) is 7.41. The van der Waals surface area contributed by atoms with Crippen molar-refractivity contribution in [1.82, 2.24) is 19.7 Å². The van der Waals surface area contributed by atoms with Gasteiger partial charge >= 0.3 is 5.97 Å². The Labute approximate surface area is 125 Å². The first-order valence-corrected chi connectivity index (χ1v) is 6.28. The molecule has 0 atom stereocenters. The minimum atomic E-state index is -1.07. The number of hydrogen-bond donors (Lipinski definition) is 1. The predicted molar refractivity (Wildman–Crippen MR) is 76.3 cm³/mol. The molecule has 3 heterocycles. The lowest BCUT2D eigenvalue weighted by Gasteiger charge is -2.06. The molecule has 0 aliphatic carbocycles. The zero-order valence-corrected chi connectivity index (χ0v) is 11.2. The molecule has 0 amide bonds. The van der Waals surface area contributed by atoms with Crippen molar-refractivity contribution in [3.63, 3.8) is 0 Å². The van der Waals surface area contributed by atoms with Gasteiger partial charge in [-0.15, -0.1) is 0 Å². The zero-order valence-electron chi connectivity index (χ0n) is 11.2. The van der Waals surface area contributed by atoms with Crippen LogP contribution < -0.4 is 0 Å². The number of carboxylic acids is 1. The van der Waals surface area contributed by atoms with E-state index in [1.807, 2.05) is 0 Å². The van der Waals surface area contributed by atoms with E-state index in [0.29, 0.717) is 16.9 Å². The Balaban J connectivity index is 2.05. The number of hydrogen-bond acceptors (Lipinski definition) is 5. The molecular formula is C15H9N5O2. The van der Waals surface area contributed by atoms with Crippen LogP contribution in [0.25, 0.3) is 16.9 Å². The third-order valence-corrected chi connectivity index (χ3v) is 3.07. The van der Waals surface area contributed by atoms with Crippen LogP contribution in [-0.4, -0.2) is 30.8 Å². The summed E-state index contributed by atoms with van der Waals surface area (Å²) in [5.41, 5.74) is 1.98. The van der Waals surface area contributed by atoms with Gasteiger partial charge in [0.1, 0.15) is 0 Å². The van der Waals surface area contributed by atoms with Crippen LogP contribution in [0, 0.1) is 11.3 Å². The standard InChI is InChI=1S/C15H9N5O2/c16-6-11-5-14(20-9-12(7-19-20)15(21)22)18-8-13(11)10-1-3-17-4-2-10/h1-5,7-9H,(H,21,22). The van der Waals surface area contributed by atoms with Crippen molar-refractivity contribution >= 4 is 5.97 Å². The number of rotatable bonds is 3. The summed E-state index contributed by atoms with van der Waals surface area (Å²) in [5.74, 6) is -0.693. The van der Waals surface area contributed by atoms with Crippen LogP contribution in [0.4, 0.5) is 0 Å². The van der Waals surface area contributed by atoms with Gasteiger partial charge in [-0.25, -0.2) is 14.5 Å². The van der Waals surface area contributed by atoms with E-state index < -0.39 is 5.97 Å². The highest BCUT2D eigenvalue weighted by atomic mass is 16.4. The molecule has 22 heavy (non-hydrogen) atoms. The van der Waals surface area contributed by atoms with Crippen LogP contribution in [-0.2, 0) is 0 Å². The molecule has 106 valence electrons. The number of pyridine rings is 2. The molecule has 0 aliphatic rings. The van der Waals surface area contributed by atoms with E-state index in [2.05, 4.69) is 21.1 Å². The Kier molecular flexibility index (Phi) is 3.34. The molecule has 0 aromatic carbocycles. The molecule has 0 unspecified atom stereocenters. The van der Waals surface area contributed by atoms with Gasteiger partial charge < -0.3 is 5.11 Å². The van der Waals surface area contributed by atoms with E-state index in [0.717, 1.165) is 5.56 Å². The topological polar surface area (TPSA) is 105 Å². The van der Waals surface area contributed by atoms with Crippen molar-refractivity contribution in [3.05, 3.63) is 60.3 Å². The number of aromatic nitrogens is 4. The minimum Gasteiger partial charge on any atom is -0.478 e. The van der Waals surface area contributed by atoms with Gasteiger partial charge in [0.05, 0.1) is 23.4 Å². The van der Waals surface area contributed by atoms with Crippen molar-refractivity contribution in [2.75, 3.05) is 0 Å². The molecule has 7 heteroatoms. The fraction of sp³-hybridized carbons (Fsp3) is 0. The van der Waals surface area contributed by atoms with E-state index in [1.165, 1.54) is 17.1 Å². The van der Waals surface area contributed by atoms with Crippen LogP contribution in [0.2, 0.25) is 0 Å². The second kappa shape index (κ2) is 5.46. The van der Waals surface area contributed by atoms with Gasteiger partial charge in [0.25, 0.3) is 0 Å². The normalized spacial score (nSPS) is 10.1. The Hall–Kier alpha value is -3.53. The highest BCUT2D eigenvalue weighted by molar-refractivity contribution is 5.87. The molecule has 0 radical (unpaired) electrons. The van der Waals surface area contributed by atoms with E-state index in [-0.39, 0.29) is 5.56 Å². The van der Waals surface area contributed by atoms with Crippen LogP contribution in [0.1, 0.15) is 15.9 Å². The summed E-state index contributed by atoms with van der Waals surface area (Å²) in [6, 6.07) is 7.25. The summed E-state index contributed by atoms with van der Waals surface area (Å²) >= 11 is 0. The largest absolute Gasteiger partial charge is 0.478 e. The third-order valence-electron chi connectivity index (χ3n) is 3.07. The molecule has 7 nitrogen and oxygen atoms in total. The number of nitrogens with zero attached hydrogens (tertiary/aromatic N) is 5. The maximum absolute atomic E-state index is 10.9. The van der Waals surface area contributed by atoms with Gasteiger partial charge in [-0.3, -0.25) is 4.98 Å². The Morgan fingerprint density at radius 3 is 2.68 bits per heavy atom. The van der Waals surface area contributed by atoms with E-state index in [1.54, 1.807) is 36.8 Å². The molecule has 1 N–H and O–H groups in total. The second-order valence-electron chi connectivity index (χ2n) is 4.41. The number of carboxylic acid groups (broad SMARTS) is 1. The highest BCUT2D eigenvalue weighted by Crippen LogP contribution is 2.23. The average molecular weight is 291 g/mol. The summed E-state index contributed by atoms with van der Waals surface area (Å²) in [7, 11) is 0. The van der Waals surface area contributed by atoms with Crippen LogP contribution in [0.3, 0.4) is 0 Å². The summed E-state index contributed by atoms with van der Waals surface area (Å²) in [5, 5.41) is 22.2. The smallest absolute Gasteiger partial charge is 0.338 e. The molecule has 0 bridgehead atoms. The molecule has 3 aromatic rings. The molecule has 0 aliphatic heterocycles. The van der Waals surface area contributed by atoms with E-state index in [4.69, 9.17) is 5.11 Å². The Bertz CT molecular complexity index is 880. The van der Waals surface area contributed by atoms with Gasteiger partial charge in [-0.1, -0.05) is 0 Å². The van der Waals surface area contributed by atoms with Gasteiger partial charge in [0.2, 0.25) is 0 Å². The molecule has 3 rings (SSSR count). The molecular weight excluding hydrogens is 282 g/mol. The van der Waals surface area contributed by atoms with Crippen molar-refractivity contribution in [2.24, 2.45) is 0 Å². The number of nitriles is 1. The monoisotopic (exact) mass is 291 g/mol. The number of aromatic carboxylic acids is 1. The van der Waals surface area contributed by atoms with Crippen molar-refractivity contribution in [3.8, 4) is 23.0 Å². The molecule has 0 saturated heterocycles. The van der Waals surface area contributed by atoms with Crippen LogP contribution in [0.15, 0.2) is 49.2 Å². The van der Waals surface area contributed by atoms with E-state index >= 15 is 0 Å². The van der Waals surface area contributed by atoms with Crippen LogP contribution in [0.5, 0.6) is 0 Å². The Morgan fingerprint density at radius 1 is 1.27 bits per heavy atom. The summed E-state index contributed by atoms with van der Waals surface area (Å²) in [4.78, 5) is 19.1. The highest BCUT2D eigenvalue weighted by Gasteiger charge is 2.11. The lowest BCUT2D eigenvalue weighted by Crippen LogP contribution is -2.00. The number of carbonyl (C=O) groups is 1. The van der Waals surface area contributed by atoms with Crippen molar-refractivity contribution in [2.45, 2.75) is 0 Å². The zero-order chi connectivity index (χ0) is 15.5. The molecule has 0 spiro atoms. The van der Waals surface area contributed by atoms with Crippen molar-refractivity contribution in [1.29, 1.82) is 5.26 Å². The first-order valence-electron chi connectivity index (χ1n) is 6.28. The first kappa shape index (κ1) is 13.5. The van der Waals surface area contributed by atoms with Gasteiger partial charge in [-0.05, 0) is 17.7 Å². The summed E-state index contributed by atoms with van der Waals surface area (Å²) < 4.78 is 1.32. The average Bonchev–Trinajstić information content (AvgIpc) is 3.05. The maximum Gasteiger partial charge on any atom is 0.338 e. The third kappa shape index (κ3) is 2.41. The molecule has 0 fully saturated rings. The summed E-state index contributed by atoms with van der Waals surface area (Å²) in [6.45, 7) is 0. The fourth-order valence-corrected chi connectivity index (χ4v) is 1.98. The van der Waals surface area contributed by atoms with Gasteiger partial charge in [0.15, 0.2) is 5.82 Å². The predicted octanol–water partition coefficient (Wildman–Crippen LogP) is 1.90. The van der Waals surface area contributed by atoms with Crippen molar-refractivity contribution < 1.29 is 9.90 Å². The maximum atomic E-state index is 10.9. The molecule has 3 aromatic heterocycles. The SMILES string of the molecule is N#Cc1cc(-n2cc(C(=O)O)cn2)ncc1-c1ccncc1. The minimum absolute atomic E-state index is 0.0542. The first-order chi connectivity index (χ1) is 10.7. The fourth-order valence-electron chi connectivity index (χ4n) is 1.98. The van der Waals surface area contributed by atoms with E-state index in [9.17, 15) is 10.1 Å². The quantitative estimate of drug-likeness (QED) is 0.790. The van der Waals surface area contributed by atoms with Crippen LogP contribution >= 0.6 is 0 Å². The van der Waals surface area contributed by atoms with Gasteiger partial charge in [-0.2, -0.15) is 10.4 Å². The Morgan fingerprint density at radius 2 is 2.05 bits per heavy atom. The second-order valence-corrected chi connectivity index (χ2v) is 4.41. The lowest BCUT2D eigenvalue weighted by atomic mass is 10.0. The molecule has 0 saturated carbocycles. The van der Waals surface area contributed by atoms with Gasteiger partial charge in [0, 0.05) is 36.4 Å².